The fourth-order valence-corrected chi connectivity index (χ4v) is 2.45. The van der Waals surface area contributed by atoms with Crippen LogP contribution >= 0.6 is 11.3 Å². The maximum absolute atomic E-state index is 11.8. The number of alkyl halides is 3. The van der Waals surface area contributed by atoms with E-state index in [4.69, 9.17) is 15.2 Å². The van der Waals surface area contributed by atoms with E-state index in [1.807, 2.05) is 5.38 Å². The van der Waals surface area contributed by atoms with E-state index < -0.39 is 30.2 Å². The first-order valence-corrected chi connectivity index (χ1v) is 8.30. The average molecular weight is 394 g/mol. The number of nitrogens with zero attached hydrogens (tertiary/aromatic N) is 3. The quantitative estimate of drug-likeness (QED) is 0.707. The van der Waals surface area contributed by atoms with Crippen LogP contribution in [0.2, 0.25) is 0 Å². The maximum Gasteiger partial charge on any atom is 0.434 e. The minimum absolute atomic E-state index is 0.214. The molecule has 144 valence electrons. The van der Waals surface area contributed by atoms with Crippen molar-refractivity contribution in [2.75, 3.05) is 18.9 Å². The molecule has 3 heterocycles. The predicted molar refractivity (Wildman–Crippen MR) is 85.4 cm³/mol. The Bertz CT molecular complexity index is 674. The molecule has 0 radical (unpaired) electrons. The van der Waals surface area contributed by atoms with Gasteiger partial charge in [-0.3, -0.25) is 4.98 Å². The number of halogens is 3. The minimum atomic E-state index is -4.47. The van der Waals surface area contributed by atoms with Crippen LogP contribution in [0.5, 0.6) is 5.19 Å². The molecular formula is C14H17F3N4O4S. The van der Waals surface area contributed by atoms with Gasteiger partial charge < -0.3 is 25.4 Å². The van der Waals surface area contributed by atoms with Crippen LogP contribution in [-0.4, -0.2) is 56.7 Å². The van der Waals surface area contributed by atoms with Crippen LogP contribution in [0.3, 0.4) is 0 Å². The molecule has 1 fully saturated rings. The van der Waals surface area contributed by atoms with Gasteiger partial charge in [0.1, 0.15) is 24.6 Å². The fraction of sp³-hybridized carbons (Fsp3) is 0.500. The summed E-state index contributed by atoms with van der Waals surface area (Å²) in [5, 5.41) is 21.4. The second-order valence-electron chi connectivity index (χ2n) is 5.19. The summed E-state index contributed by atoms with van der Waals surface area (Å²) in [5.74, 6) is -0.236. The number of rotatable bonds is 3. The summed E-state index contributed by atoms with van der Waals surface area (Å²) in [6.07, 6.45) is -2.75. The van der Waals surface area contributed by atoms with Crippen molar-refractivity contribution < 1.29 is 32.9 Å². The van der Waals surface area contributed by atoms with Crippen molar-refractivity contribution >= 4 is 17.2 Å². The Labute approximate surface area is 150 Å². The molecule has 0 amide bonds. The van der Waals surface area contributed by atoms with Crippen molar-refractivity contribution in [3.05, 3.63) is 29.7 Å². The van der Waals surface area contributed by atoms with Crippen molar-refractivity contribution in [2.45, 2.75) is 30.9 Å². The van der Waals surface area contributed by atoms with Crippen LogP contribution in [0.25, 0.3) is 0 Å². The molecule has 3 rings (SSSR count). The van der Waals surface area contributed by atoms with Gasteiger partial charge in [0.05, 0.1) is 18.5 Å². The van der Waals surface area contributed by atoms with Crippen LogP contribution in [0.1, 0.15) is 12.1 Å². The minimum Gasteiger partial charge on any atom is -0.467 e. The summed E-state index contributed by atoms with van der Waals surface area (Å²) < 4.78 is 46.0. The van der Waals surface area contributed by atoms with Gasteiger partial charge in [-0.25, -0.2) is 9.97 Å². The number of hydrogen-bond donors (Lipinski definition) is 3. The Hall–Kier alpha value is -2.02. The lowest BCUT2D eigenvalue weighted by atomic mass is 10.0. The Morgan fingerprint density at radius 3 is 2.69 bits per heavy atom. The molecule has 4 N–H and O–H groups in total. The van der Waals surface area contributed by atoms with Gasteiger partial charge in [0, 0.05) is 18.2 Å². The molecule has 3 unspecified atom stereocenters. The molecule has 0 bridgehead atoms. The lowest BCUT2D eigenvalue weighted by molar-refractivity contribution is -0.144. The first kappa shape index (κ1) is 20.3. The van der Waals surface area contributed by atoms with Crippen molar-refractivity contribution in [1.82, 2.24) is 15.0 Å². The standard InChI is InChI=1S/C9H13NO4S.C5H4F3N3/c11-6-1-3-13-7(8(6)12)5-14-9-10-2-4-15-9;6-5(7,8)3-1-10-2-4(9)11-3/h2,4,6-8,11-12H,1,3,5H2;1-2H,(H2,9,11). The molecule has 1 aliphatic heterocycles. The van der Waals surface area contributed by atoms with Gasteiger partial charge in [0.2, 0.25) is 0 Å². The van der Waals surface area contributed by atoms with Crippen molar-refractivity contribution in [3.63, 3.8) is 0 Å². The van der Waals surface area contributed by atoms with Crippen LogP contribution < -0.4 is 10.5 Å². The number of nitrogens with two attached hydrogens (primary N) is 1. The Balaban J connectivity index is 0.000000197. The highest BCUT2D eigenvalue weighted by Gasteiger charge is 2.33. The molecule has 2 aromatic rings. The lowest BCUT2D eigenvalue weighted by Gasteiger charge is -2.31. The van der Waals surface area contributed by atoms with Gasteiger partial charge in [-0.05, 0) is 6.42 Å². The smallest absolute Gasteiger partial charge is 0.434 e. The number of ether oxygens (including phenoxy) is 2. The van der Waals surface area contributed by atoms with E-state index in [0.29, 0.717) is 24.4 Å². The van der Waals surface area contributed by atoms with Gasteiger partial charge in [-0.2, -0.15) is 13.2 Å². The van der Waals surface area contributed by atoms with E-state index in [1.165, 1.54) is 11.3 Å². The first-order valence-electron chi connectivity index (χ1n) is 7.42. The van der Waals surface area contributed by atoms with E-state index in [1.54, 1.807) is 6.20 Å². The third-order valence-corrected chi connectivity index (χ3v) is 3.93. The molecule has 12 heteroatoms. The Morgan fingerprint density at radius 1 is 1.35 bits per heavy atom. The summed E-state index contributed by atoms with van der Waals surface area (Å²) in [5.41, 5.74) is 3.91. The van der Waals surface area contributed by atoms with Crippen LogP contribution in [0.15, 0.2) is 24.0 Å². The summed E-state index contributed by atoms with van der Waals surface area (Å²) in [7, 11) is 0. The molecule has 2 aromatic heterocycles. The predicted octanol–water partition coefficient (Wildman–Crippen LogP) is 1.11. The maximum atomic E-state index is 11.8. The highest BCUT2D eigenvalue weighted by Crippen LogP contribution is 2.26. The molecule has 8 nitrogen and oxygen atoms in total. The van der Waals surface area contributed by atoms with Crippen molar-refractivity contribution in [2.24, 2.45) is 0 Å². The number of aliphatic hydroxyl groups excluding tert-OH is 2. The van der Waals surface area contributed by atoms with Crippen molar-refractivity contribution in [1.29, 1.82) is 0 Å². The van der Waals surface area contributed by atoms with Crippen molar-refractivity contribution in [3.8, 4) is 5.19 Å². The number of aliphatic hydroxyl groups is 2. The second kappa shape index (κ2) is 9.07. The second-order valence-corrected chi connectivity index (χ2v) is 6.05. The molecule has 1 aliphatic rings. The van der Waals surface area contributed by atoms with Gasteiger partial charge in [0.25, 0.3) is 5.19 Å². The molecule has 3 atom stereocenters. The highest BCUT2D eigenvalue weighted by molar-refractivity contribution is 7.11. The van der Waals surface area contributed by atoms with E-state index in [9.17, 15) is 23.4 Å². The molecule has 26 heavy (non-hydrogen) atoms. The highest BCUT2D eigenvalue weighted by atomic mass is 32.1. The first-order chi connectivity index (χ1) is 12.3. The van der Waals surface area contributed by atoms with Gasteiger partial charge in [-0.1, -0.05) is 11.3 Å². The van der Waals surface area contributed by atoms with Gasteiger partial charge in [-0.15, -0.1) is 0 Å². The van der Waals surface area contributed by atoms with E-state index >= 15 is 0 Å². The zero-order valence-electron chi connectivity index (χ0n) is 13.3. The zero-order valence-corrected chi connectivity index (χ0v) is 14.2. The summed E-state index contributed by atoms with van der Waals surface area (Å²) >= 11 is 1.38. The third-order valence-electron chi connectivity index (χ3n) is 3.25. The van der Waals surface area contributed by atoms with E-state index in [-0.39, 0.29) is 12.4 Å². The number of thiazole rings is 1. The average Bonchev–Trinajstić information content (AvgIpc) is 3.10. The summed E-state index contributed by atoms with van der Waals surface area (Å²) in [6, 6.07) is 0. The number of nitrogen functional groups attached to an aromatic ring is 1. The van der Waals surface area contributed by atoms with Crippen LogP contribution in [-0.2, 0) is 10.9 Å². The number of anilines is 1. The normalized spacial score (nSPS) is 23.0. The van der Waals surface area contributed by atoms with E-state index in [0.717, 1.165) is 6.20 Å². The topological polar surface area (TPSA) is 124 Å². The fourth-order valence-electron chi connectivity index (χ4n) is 1.96. The number of aromatic nitrogens is 3. The SMILES string of the molecule is Nc1cncc(C(F)(F)F)n1.OC1CCOC(COc2nccs2)C1O. The molecule has 0 aromatic carbocycles. The van der Waals surface area contributed by atoms with Gasteiger partial charge >= 0.3 is 6.18 Å². The van der Waals surface area contributed by atoms with Crippen LogP contribution in [0, 0.1) is 0 Å². The Kier molecular flexibility index (Phi) is 7.08. The third kappa shape index (κ3) is 6.05. The van der Waals surface area contributed by atoms with Crippen LogP contribution in [0.4, 0.5) is 19.0 Å². The Morgan fingerprint density at radius 2 is 2.12 bits per heavy atom. The summed E-state index contributed by atoms with van der Waals surface area (Å²) in [4.78, 5) is 10.2. The molecular weight excluding hydrogens is 377 g/mol. The zero-order chi connectivity index (χ0) is 19.2. The molecule has 1 saturated heterocycles. The summed E-state index contributed by atoms with van der Waals surface area (Å²) in [6.45, 7) is 0.663. The monoisotopic (exact) mass is 394 g/mol. The lowest BCUT2D eigenvalue weighted by Crippen LogP contribution is -2.47. The number of hydrogen-bond acceptors (Lipinski definition) is 9. The molecule has 0 spiro atoms. The largest absolute Gasteiger partial charge is 0.467 e. The molecule has 0 aliphatic carbocycles. The van der Waals surface area contributed by atoms with Gasteiger partial charge in [0.15, 0.2) is 5.69 Å². The molecule has 0 saturated carbocycles. The van der Waals surface area contributed by atoms with E-state index in [2.05, 4.69) is 15.0 Å².